The number of nitriles is 1. The Morgan fingerprint density at radius 2 is 1.76 bits per heavy atom. The molecule has 4 aromatic carbocycles. The fourth-order valence-corrected chi connectivity index (χ4v) is 9.09. The molecule has 0 aliphatic carbocycles. The van der Waals surface area contributed by atoms with E-state index in [1.165, 1.54) is 7.11 Å². The summed E-state index contributed by atoms with van der Waals surface area (Å²) in [5.74, 6) is 2.28. The van der Waals surface area contributed by atoms with Crippen molar-refractivity contribution in [3.63, 3.8) is 0 Å². The molecule has 13 heteroatoms. The van der Waals surface area contributed by atoms with E-state index >= 15 is 0 Å². The average Bonchev–Trinajstić information content (AvgIpc) is 3.15. The molecule has 0 radical (unpaired) electrons. The minimum Gasteiger partial charge on any atom is -0.612 e. The first-order valence-corrected chi connectivity index (χ1v) is 21.2. The number of ether oxygens (including phenoxy) is 4. The molecule has 1 fully saturated rings. The molecule has 0 saturated carbocycles. The number of hydrogen-bond acceptors (Lipinski definition) is 9. The van der Waals surface area contributed by atoms with Crippen molar-refractivity contribution in [2.45, 2.75) is 31.1 Å². The first-order chi connectivity index (χ1) is 26.0. The first kappa shape index (κ1) is 38.9. The maximum Gasteiger partial charge on any atom is 0.196 e. The molecule has 2 amide bonds. The number of rotatable bonds is 12. The van der Waals surface area contributed by atoms with Crippen molar-refractivity contribution in [1.29, 1.82) is 5.26 Å². The van der Waals surface area contributed by atoms with Crippen LogP contribution < -0.4 is 33.7 Å². The second-order valence-corrected chi connectivity index (χ2v) is 17.9. The van der Waals surface area contributed by atoms with E-state index in [0.717, 1.165) is 58.0 Å². The van der Waals surface area contributed by atoms with Gasteiger partial charge in [0, 0.05) is 6.07 Å². The third kappa shape index (κ3) is 9.85. The number of anilines is 2. The molecule has 2 atom stereocenters. The zero-order chi connectivity index (χ0) is 38.2. The van der Waals surface area contributed by atoms with Crippen LogP contribution in [0.3, 0.4) is 0 Å². The summed E-state index contributed by atoms with van der Waals surface area (Å²) in [4.78, 5) is 20.9. The maximum absolute atomic E-state index is 13.5. The summed E-state index contributed by atoms with van der Waals surface area (Å²) in [5, 5.41) is 17.2. The molecule has 1 aliphatic rings. The van der Waals surface area contributed by atoms with E-state index < -0.39 is 33.0 Å². The number of pyridine rings is 1. The number of carbonyl (C=O) groups is 1. The summed E-state index contributed by atoms with van der Waals surface area (Å²) in [6.07, 6.45) is 3.32. The standard InChI is InChI=1S/C41H44AsN5O6S/c1-41(2,3)28-22-35(39(50-4)37(23-28)54(5)49)46-40(48)45-34-10-11-36(33-9-7-6-8-32(33)34)53-30-12-13-44-38(25-30)42-29-20-27(26-43)21-31(24-29)52-19-16-47-14-17-51-18-15-47/h6-13,20-25,42H,14-19H2,1-5H3,(H2,45,46,48). The molecular weight excluding hydrogens is 765 g/mol. The Balaban J connectivity index is 1.17. The third-order valence-electron chi connectivity index (χ3n) is 8.86. The summed E-state index contributed by atoms with van der Waals surface area (Å²) < 4.78 is 38.1. The van der Waals surface area contributed by atoms with Crippen LogP contribution in [0.5, 0.6) is 23.0 Å². The normalized spacial score (nSPS) is 14.1. The number of nitrogens with zero attached hydrogens (tertiary/aromatic N) is 3. The van der Waals surface area contributed by atoms with Crippen LogP contribution in [0.15, 0.2) is 90.0 Å². The molecule has 11 nitrogen and oxygen atoms in total. The Morgan fingerprint density at radius 1 is 1.00 bits per heavy atom. The number of urea groups is 1. The van der Waals surface area contributed by atoms with Crippen LogP contribution in [0.2, 0.25) is 0 Å². The Bertz CT molecular complexity index is 2160. The largest absolute Gasteiger partial charge is 0.612 e. The minimum absolute atomic E-state index is 0.249. The van der Waals surface area contributed by atoms with E-state index in [1.807, 2.05) is 66.7 Å². The quantitative estimate of drug-likeness (QED) is 0.120. The Hall–Kier alpha value is -4.76. The fourth-order valence-electron chi connectivity index (χ4n) is 6.05. The second kappa shape index (κ2) is 17.6. The molecule has 0 bridgehead atoms. The van der Waals surface area contributed by atoms with Gasteiger partial charge in [-0.1, -0.05) is 20.8 Å². The van der Waals surface area contributed by atoms with E-state index in [0.29, 0.717) is 51.4 Å². The van der Waals surface area contributed by atoms with E-state index in [-0.39, 0.29) is 5.41 Å². The van der Waals surface area contributed by atoms with Gasteiger partial charge in [-0.15, -0.1) is 0 Å². The van der Waals surface area contributed by atoms with Crippen molar-refractivity contribution in [3.05, 3.63) is 96.2 Å². The van der Waals surface area contributed by atoms with Crippen molar-refractivity contribution in [2.24, 2.45) is 0 Å². The van der Waals surface area contributed by atoms with E-state index in [2.05, 4.69) is 47.4 Å². The summed E-state index contributed by atoms with van der Waals surface area (Å²) in [6, 6.07) is 26.3. The molecular formula is C41H44AsN5O6S. The second-order valence-electron chi connectivity index (χ2n) is 13.8. The number of benzene rings is 4. The van der Waals surface area contributed by atoms with Crippen molar-refractivity contribution >= 4 is 63.9 Å². The fraction of sp³-hybridized carbons (Fsp3) is 0.293. The van der Waals surface area contributed by atoms with Crippen molar-refractivity contribution in [1.82, 2.24) is 9.88 Å². The van der Waals surface area contributed by atoms with Gasteiger partial charge in [-0.2, -0.15) is 0 Å². The number of amides is 2. The van der Waals surface area contributed by atoms with Gasteiger partial charge in [-0.05, 0) is 28.2 Å². The van der Waals surface area contributed by atoms with Crippen LogP contribution in [0.25, 0.3) is 10.8 Å². The number of nitrogens with one attached hydrogen (secondary N) is 2. The first-order valence-electron chi connectivity index (χ1n) is 17.6. The number of carbonyl (C=O) groups excluding carboxylic acids is 1. The molecule has 1 aliphatic heterocycles. The van der Waals surface area contributed by atoms with E-state index in [4.69, 9.17) is 18.9 Å². The SMILES string of the molecule is COc1c(NC(=O)Nc2ccc(Oc3ccnc([AsH]c4cc(C#N)cc(OCCN5CCOCC5)c4)c3)c3ccccc23)cc(C(C)(C)C)cc1[S+](C)[O-]. The topological polar surface area (TPSA) is 141 Å². The van der Waals surface area contributed by atoms with Crippen LogP contribution in [0.4, 0.5) is 16.2 Å². The Kier molecular flexibility index (Phi) is 12.7. The van der Waals surface area contributed by atoms with Gasteiger partial charge < -0.3 is 9.29 Å². The number of methoxy groups -OCH3 is 1. The van der Waals surface area contributed by atoms with Crippen LogP contribution in [-0.2, 0) is 21.3 Å². The van der Waals surface area contributed by atoms with E-state index in [1.54, 1.807) is 24.6 Å². The van der Waals surface area contributed by atoms with Crippen LogP contribution in [0.1, 0.15) is 31.9 Å². The molecule has 1 saturated heterocycles. The molecule has 1 aromatic heterocycles. The van der Waals surface area contributed by atoms with Crippen molar-refractivity contribution in [2.75, 3.05) is 63.5 Å². The van der Waals surface area contributed by atoms with Crippen molar-refractivity contribution in [3.8, 4) is 29.1 Å². The van der Waals surface area contributed by atoms with Gasteiger partial charge in [-0.3, -0.25) is 0 Å². The minimum atomic E-state index is -1.34. The predicted octanol–water partition coefficient (Wildman–Crippen LogP) is 5.68. The van der Waals surface area contributed by atoms with Gasteiger partial charge in [0.05, 0.1) is 7.11 Å². The van der Waals surface area contributed by atoms with Gasteiger partial charge in [-0.25, -0.2) is 0 Å². The van der Waals surface area contributed by atoms with Crippen LogP contribution >= 0.6 is 0 Å². The summed E-state index contributed by atoms with van der Waals surface area (Å²) in [5.41, 5.74) is 2.24. The maximum atomic E-state index is 13.5. The van der Waals surface area contributed by atoms with Crippen molar-refractivity contribution < 1.29 is 28.3 Å². The molecule has 54 heavy (non-hydrogen) atoms. The molecule has 0 spiro atoms. The van der Waals surface area contributed by atoms with Gasteiger partial charge >= 0.3 is 239 Å². The number of morpholine rings is 1. The van der Waals surface area contributed by atoms with Gasteiger partial charge in [0.15, 0.2) is 10.6 Å². The zero-order valence-electron chi connectivity index (χ0n) is 31.0. The monoisotopic (exact) mass is 809 g/mol. The molecule has 280 valence electrons. The number of fused-ring (bicyclic) bond motifs is 1. The third-order valence-corrected chi connectivity index (χ3v) is 12.1. The number of aromatic nitrogens is 1. The predicted molar refractivity (Wildman–Crippen MR) is 215 cm³/mol. The summed E-state index contributed by atoms with van der Waals surface area (Å²) in [7, 11) is 1.50. The van der Waals surface area contributed by atoms with Gasteiger partial charge in [0.2, 0.25) is 0 Å². The smallest absolute Gasteiger partial charge is 0.196 e. The Morgan fingerprint density at radius 3 is 2.48 bits per heavy atom. The molecule has 2 unspecified atom stereocenters. The van der Waals surface area contributed by atoms with Crippen LogP contribution in [0, 0.1) is 11.3 Å². The number of hydrogen-bond donors (Lipinski definition) is 2. The zero-order valence-corrected chi connectivity index (χ0v) is 33.9. The summed E-state index contributed by atoms with van der Waals surface area (Å²) >= 11 is -2.26. The summed E-state index contributed by atoms with van der Waals surface area (Å²) in [6.45, 7) is 10.8. The molecule has 2 N–H and O–H groups in total. The molecule has 6 rings (SSSR count). The Labute approximate surface area is 325 Å². The molecule has 2 heterocycles. The van der Waals surface area contributed by atoms with E-state index in [9.17, 15) is 14.6 Å². The van der Waals surface area contributed by atoms with Gasteiger partial charge in [0.1, 0.15) is 6.26 Å². The van der Waals surface area contributed by atoms with Gasteiger partial charge in [0.25, 0.3) is 0 Å². The molecule has 5 aromatic rings. The average molecular weight is 810 g/mol. The van der Waals surface area contributed by atoms with Crippen LogP contribution in [-0.4, -0.2) is 89.0 Å².